The van der Waals surface area contributed by atoms with E-state index in [0.717, 1.165) is 0 Å². The zero-order chi connectivity index (χ0) is 16.8. The van der Waals surface area contributed by atoms with E-state index in [9.17, 15) is 10.1 Å². The molecule has 22 heavy (non-hydrogen) atoms. The van der Waals surface area contributed by atoms with Crippen LogP contribution in [0.5, 0.6) is 0 Å². The van der Waals surface area contributed by atoms with E-state index < -0.39 is 16.0 Å². The first-order valence-electron chi connectivity index (χ1n) is 7.27. The summed E-state index contributed by atoms with van der Waals surface area (Å²) in [5, 5.41) is 12.6. The van der Waals surface area contributed by atoms with E-state index >= 15 is 0 Å². The van der Waals surface area contributed by atoms with E-state index in [2.05, 4.69) is 11.4 Å². The van der Waals surface area contributed by atoms with Crippen molar-refractivity contribution >= 4 is 25.4 Å². The molecule has 0 aromatic heterocycles. The molecule has 0 saturated heterocycles. The predicted octanol–water partition coefficient (Wildman–Crippen LogP) is 2.04. The molecule has 0 bridgehead atoms. The first kappa shape index (κ1) is 18.7. The summed E-state index contributed by atoms with van der Waals surface area (Å²) in [7, 11) is 0. The summed E-state index contributed by atoms with van der Waals surface area (Å²) in [6.07, 6.45) is 0. The van der Waals surface area contributed by atoms with Crippen molar-refractivity contribution in [3.8, 4) is 6.07 Å². The number of nitrogens with zero attached hydrogens (tertiary/aromatic N) is 1. The van der Waals surface area contributed by atoms with E-state index in [4.69, 9.17) is 4.74 Å². The van der Waals surface area contributed by atoms with Crippen LogP contribution in [0.4, 0.5) is 0 Å². The average molecular weight is 367 g/mol. The maximum absolute atomic E-state index is 12.0. The molecule has 4 nitrogen and oxygen atoms in total. The second-order valence-corrected chi connectivity index (χ2v) is 9.70. The van der Waals surface area contributed by atoms with Crippen LogP contribution < -0.4 is 9.78 Å². The molecule has 1 aromatic rings. The molecular formula is C17H24N2O2Se. The quantitative estimate of drug-likeness (QED) is 0.617. The van der Waals surface area contributed by atoms with Crippen LogP contribution >= 0.6 is 0 Å². The van der Waals surface area contributed by atoms with Gasteiger partial charge in [0.2, 0.25) is 0 Å². The monoisotopic (exact) mass is 368 g/mol. The zero-order valence-corrected chi connectivity index (χ0v) is 15.6. The van der Waals surface area contributed by atoms with Crippen molar-refractivity contribution in [1.82, 2.24) is 5.32 Å². The molecule has 0 aliphatic rings. The maximum atomic E-state index is 12.0. The fourth-order valence-corrected chi connectivity index (χ4v) is 3.80. The van der Waals surface area contributed by atoms with Crippen LogP contribution in [-0.2, 0) is 9.53 Å². The summed E-state index contributed by atoms with van der Waals surface area (Å²) >= 11 is 0.00363. The van der Waals surface area contributed by atoms with Gasteiger partial charge in [-0.25, -0.2) is 0 Å². The van der Waals surface area contributed by atoms with Gasteiger partial charge in [0.1, 0.15) is 0 Å². The molecule has 0 spiro atoms. The second-order valence-electron chi connectivity index (χ2n) is 6.39. The summed E-state index contributed by atoms with van der Waals surface area (Å²) in [6, 6.07) is 11.9. The van der Waals surface area contributed by atoms with Crippen LogP contribution in [0.3, 0.4) is 0 Å². The van der Waals surface area contributed by atoms with Gasteiger partial charge >= 0.3 is 139 Å². The Balaban J connectivity index is 2.59. The molecule has 2 atom stereocenters. The molecular weight excluding hydrogens is 343 g/mol. The van der Waals surface area contributed by atoms with Gasteiger partial charge in [-0.15, -0.1) is 0 Å². The van der Waals surface area contributed by atoms with Crippen LogP contribution in [0.1, 0.15) is 34.6 Å². The van der Waals surface area contributed by atoms with Crippen molar-refractivity contribution in [1.29, 1.82) is 5.26 Å². The molecule has 1 aromatic carbocycles. The van der Waals surface area contributed by atoms with Crippen molar-refractivity contribution in [2.24, 2.45) is 0 Å². The van der Waals surface area contributed by atoms with E-state index in [1.54, 1.807) is 6.92 Å². The molecule has 0 radical (unpaired) electrons. The molecule has 120 valence electrons. The minimum atomic E-state index is -0.509. The van der Waals surface area contributed by atoms with Crippen LogP contribution in [0.25, 0.3) is 0 Å². The van der Waals surface area contributed by atoms with Crippen molar-refractivity contribution in [2.45, 2.75) is 50.6 Å². The molecule has 0 amide bonds. The van der Waals surface area contributed by atoms with Gasteiger partial charge in [-0.2, -0.15) is 0 Å². The molecule has 0 fully saturated rings. The van der Waals surface area contributed by atoms with Gasteiger partial charge in [0.25, 0.3) is 0 Å². The number of benzene rings is 1. The van der Waals surface area contributed by atoms with E-state index in [1.807, 2.05) is 58.0 Å². The van der Waals surface area contributed by atoms with Gasteiger partial charge in [0.05, 0.1) is 0 Å². The zero-order valence-electron chi connectivity index (χ0n) is 13.8. The number of rotatable bonds is 6. The average Bonchev–Trinajstić information content (AvgIpc) is 2.44. The third kappa shape index (κ3) is 6.61. The Morgan fingerprint density at radius 3 is 2.41 bits per heavy atom. The van der Waals surface area contributed by atoms with Gasteiger partial charge in [-0.3, -0.25) is 0 Å². The van der Waals surface area contributed by atoms with E-state index in [1.165, 1.54) is 4.46 Å². The number of nitrogens with one attached hydrogen (secondary N) is 1. The van der Waals surface area contributed by atoms with Crippen LogP contribution in [-0.4, -0.2) is 39.1 Å². The van der Waals surface area contributed by atoms with Gasteiger partial charge in [0, 0.05) is 0 Å². The Morgan fingerprint density at radius 2 is 1.91 bits per heavy atom. The van der Waals surface area contributed by atoms with Gasteiger partial charge in [0.15, 0.2) is 0 Å². The van der Waals surface area contributed by atoms with Gasteiger partial charge in [-0.1, -0.05) is 0 Å². The topological polar surface area (TPSA) is 62.1 Å². The first-order chi connectivity index (χ1) is 10.2. The number of nitriles is 1. The fraction of sp³-hybridized carbons (Fsp3) is 0.529. The van der Waals surface area contributed by atoms with Crippen LogP contribution in [0.2, 0.25) is 4.31 Å². The summed E-state index contributed by atoms with van der Waals surface area (Å²) in [5.41, 5.74) is -0.500. The number of hydrogen-bond donors (Lipinski definition) is 1. The molecule has 1 unspecified atom stereocenters. The third-order valence-corrected chi connectivity index (χ3v) is 5.33. The number of carbonyl (C=O) groups excluding carboxylic acids is 1. The molecule has 5 heteroatoms. The van der Waals surface area contributed by atoms with E-state index in [-0.39, 0.29) is 20.9 Å². The Hall–Kier alpha value is -1.34. The summed E-state index contributed by atoms with van der Waals surface area (Å²) in [5.74, 6) is -0.292. The Kier molecular flexibility index (Phi) is 6.62. The van der Waals surface area contributed by atoms with Crippen LogP contribution in [0, 0.1) is 11.3 Å². The van der Waals surface area contributed by atoms with Gasteiger partial charge in [-0.05, 0) is 0 Å². The Morgan fingerprint density at radius 1 is 1.32 bits per heavy atom. The Bertz CT molecular complexity index is 534. The molecule has 1 rings (SSSR count). The fourth-order valence-electron chi connectivity index (χ4n) is 1.67. The third-order valence-electron chi connectivity index (χ3n) is 2.83. The van der Waals surface area contributed by atoms with Crippen molar-refractivity contribution in [3.05, 3.63) is 30.3 Å². The molecule has 0 saturated carbocycles. The summed E-state index contributed by atoms with van der Waals surface area (Å²) in [6.45, 7) is 9.68. The Labute approximate surface area is 139 Å². The SMILES string of the molecule is C[C@H](NCC(C)(C#N)[Se]c1ccccc1)C(=O)OC(C)(C)C. The molecule has 0 aliphatic carbocycles. The molecule has 0 heterocycles. The number of esters is 1. The summed E-state index contributed by atoms with van der Waals surface area (Å²) < 4.78 is 6.00. The second kappa shape index (κ2) is 7.78. The van der Waals surface area contributed by atoms with Crippen molar-refractivity contribution in [3.63, 3.8) is 0 Å². The van der Waals surface area contributed by atoms with Crippen molar-refractivity contribution in [2.75, 3.05) is 6.54 Å². The normalized spacial score (nSPS) is 15.5. The number of ether oxygens (including phenoxy) is 1. The predicted molar refractivity (Wildman–Crippen MR) is 89.1 cm³/mol. The van der Waals surface area contributed by atoms with Crippen LogP contribution in [0.15, 0.2) is 30.3 Å². The van der Waals surface area contributed by atoms with E-state index in [0.29, 0.717) is 6.54 Å². The van der Waals surface area contributed by atoms with Crippen molar-refractivity contribution < 1.29 is 9.53 Å². The number of hydrogen-bond acceptors (Lipinski definition) is 4. The standard InChI is InChI=1S/C17H24N2O2Se/c1-13(15(20)21-16(2,3)4)19-12-17(5,11-18)22-14-9-7-6-8-10-14/h6-10,13,19H,12H2,1-5H3/t13-,17?/m0/s1. The van der Waals surface area contributed by atoms with Gasteiger partial charge < -0.3 is 0 Å². The molecule has 0 aliphatic heterocycles. The summed E-state index contributed by atoms with van der Waals surface area (Å²) in [4.78, 5) is 12.0. The number of carbonyl (C=O) groups is 1. The first-order valence-corrected chi connectivity index (χ1v) is 8.98. The molecule has 1 N–H and O–H groups in total. The minimum absolute atomic E-state index is 0.00363.